The fraction of sp³-hybridized carbons (Fsp3) is 0.231. The average Bonchev–Trinajstić information content (AvgIpc) is 3.59. The van der Waals surface area contributed by atoms with Gasteiger partial charge in [0.1, 0.15) is 11.6 Å². The number of aromatic nitrogens is 2. The molecule has 5 heteroatoms. The Morgan fingerprint density at radius 1 is 1.06 bits per heavy atom. The van der Waals surface area contributed by atoms with Crippen molar-refractivity contribution >= 4 is 16.9 Å². The molecule has 0 saturated heterocycles. The summed E-state index contributed by atoms with van der Waals surface area (Å²) in [5.41, 5.74) is 4.71. The van der Waals surface area contributed by atoms with Crippen molar-refractivity contribution in [1.29, 1.82) is 0 Å². The van der Waals surface area contributed by atoms with Crippen LogP contribution in [-0.2, 0) is 6.54 Å². The lowest BCUT2D eigenvalue weighted by Gasteiger charge is -2.23. The molecule has 5 rings (SSSR count). The van der Waals surface area contributed by atoms with Gasteiger partial charge < -0.3 is 9.64 Å². The summed E-state index contributed by atoms with van der Waals surface area (Å²) >= 11 is 0. The Hall–Kier alpha value is -3.60. The third kappa shape index (κ3) is 3.79. The van der Waals surface area contributed by atoms with Crippen molar-refractivity contribution in [3.05, 3.63) is 89.7 Å². The van der Waals surface area contributed by atoms with Crippen molar-refractivity contribution in [2.75, 3.05) is 7.11 Å². The highest BCUT2D eigenvalue weighted by Crippen LogP contribution is 2.31. The van der Waals surface area contributed by atoms with Gasteiger partial charge in [0.2, 0.25) is 0 Å². The third-order valence-corrected chi connectivity index (χ3v) is 5.84. The van der Waals surface area contributed by atoms with Crippen molar-refractivity contribution in [2.45, 2.75) is 32.4 Å². The maximum Gasteiger partial charge on any atom is 0.254 e. The molecule has 0 radical (unpaired) electrons. The van der Waals surface area contributed by atoms with E-state index in [2.05, 4.69) is 16.7 Å². The van der Waals surface area contributed by atoms with E-state index >= 15 is 0 Å². The van der Waals surface area contributed by atoms with Crippen molar-refractivity contribution in [1.82, 2.24) is 14.5 Å². The highest BCUT2D eigenvalue weighted by atomic mass is 16.5. The summed E-state index contributed by atoms with van der Waals surface area (Å²) in [6.07, 6.45) is 2.12. The lowest BCUT2D eigenvalue weighted by molar-refractivity contribution is 0.0730. The first-order valence-electron chi connectivity index (χ1n) is 10.6. The van der Waals surface area contributed by atoms with Gasteiger partial charge in [-0.25, -0.2) is 4.98 Å². The topological polar surface area (TPSA) is 47.4 Å². The minimum atomic E-state index is 0.0622. The predicted molar refractivity (Wildman–Crippen MR) is 122 cm³/mol. The number of nitrogens with zero attached hydrogens (tertiary/aromatic N) is 3. The van der Waals surface area contributed by atoms with Gasteiger partial charge in [0.15, 0.2) is 0 Å². The molecule has 1 aliphatic carbocycles. The van der Waals surface area contributed by atoms with Crippen LogP contribution in [0.1, 0.15) is 34.6 Å². The summed E-state index contributed by atoms with van der Waals surface area (Å²) in [6.45, 7) is 2.59. The van der Waals surface area contributed by atoms with Gasteiger partial charge in [-0.15, -0.1) is 0 Å². The standard InChI is InChI=1S/C26H25N3O2/c1-18-27-24-16-20(10-15-25(24)29(18)22-6-4-3-5-7-22)26(30)28(21-11-12-21)17-19-8-13-23(31-2)14-9-19/h3-10,13-16,21H,11-12,17H2,1-2H3. The molecule has 1 amide bonds. The van der Waals surface area contributed by atoms with Crippen molar-refractivity contribution in [3.63, 3.8) is 0 Å². The van der Waals surface area contributed by atoms with E-state index in [1.165, 1.54) is 0 Å². The molecule has 1 aromatic heterocycles. The van der Waals surface area contributed by atoms with Crippen LogP contribution >= 0.6 is 0 Å². The Bertz CT molecular complexity index is 1220. The van der Waals surface area contributed by atoms with E-state index in [0.29, 0.717) is 18.2 Å². The number of carbonyl (C=O) groups excluding carboxylic acids is 1. The minimum absolute atomic E-state index is 0.0622. The number of ether oxygens (including phenoxy) is 1. The van der Waals surface area contributed by atoms with Gasteiger partial charge in [0.05, 0.1) is 18.1 Å². The van der Waals surface area contributed by atoms with E-state index in [1.807, 2.05) is 72.5 Å². The predicted octanol–water partition coefficient (Wildman–Crippen LogP) is 5.15. The van der Waals surface area contributed by atoms with E-state index in [0.717, 1.165) is 46.7 Å². The SMILES string of the molecule is COc1ccc(CN(C(=O)c2ccc3c(c2)nc(C)n3-c2ccccc2)C2CC2)cc1. The second-order valence-electron chi connectivity index (χ2n) is 8.05. The molecule has 1 fully saturated rings. The highest BCUT2D eigenvalue weighted by molar-refractivity contribution is 5.98. The van der Waals surface area contributed by atoms with Crippen LogP contribution in [0.15, 0.2) is 72.8 Å². The Labute approximate surface area is 181 Å². The molecule has 0 atom stereocenters. The summed E-state index contributed by atoms with van der Waals surface area (Å²) in [5.74, 6) is 1.79. The lowest BCUT2D eigenvalue weighted by Crippen LogP contribution is -2.32. The maximum absolute atomic E-state index is 13.4. The Balaban J connectivity index is 1.45. The summed E-state index contributed by atoms with van der Waals surface area (Å²) in [7, 11) is 1.66. The minimum Gasteiger partial charge on any atom is -0.497 e. The second kappa shape index (κ2) is 7.91. The first-order valence-corrected chi connectivity index (χ1v) is 10.6. The van der Waals surface area contributed by atoms with Crippen molar-refractivity contribution in [3.8, 4) is 11.4 Å². The average molecular weight is 412 g/mol. The number of benzene rings is 3. The van der Waals surface area contributed by atoms with Crippen LogP contribution in [0, 0.1) is 6.92 Å². The van der Waals surface area contributed by atoms with Gasteiger partial charge in [-0.05, 0) is 67.8 Å². The fourth-order valence-electron chi connectivity index (χ4n) is 4.08. The number of hydrogen-bond donors (Lipinski definition) is 0. The normalized spacial score (nSPS) is 13.4. The summed E-state index contributed by atoms with van der Waals surface area (Å²) in [6, 6.07) is 24.3. The molecule has 156 valence electrons. The van der Waals surface area contributed by atoms with Crippen LogP contribution in [0.25, 0.3) is 16.7 Å². The molecule has 4 aromatic rings. The number of amides is 1. The number of aryl methyl sites for hydroxylation is 1. The molecular weight excluding hydrogens is 386 g/mol. The van der Waals surface area contributed by atoms with Gasteiger partial charge in [0.25, 0.3) is 5.91 Å². The van der Waals surface area contributed by atoms with Gasteiger partial charge in [-0.3, -0.25) is 9.36 Å². The zero-order valence-corrected chi connectivity index (χ0v) is 17.8. The molecule has 31 heavy (non-hydrogen) atoms. The maximum atomic E-state index is 13.4. The molecule has 5 nitrogen and oxygen atoms in total. The number of imidazole rings is 1. The molecule has 1 saturated carbocycles. The zero-order valence-electron chi connectivity index (χ0n) is 17.8. The third-order valence-electron chi connectivity index (χ3n) is 5.84. The van der Waals surface area contributed by atoms with Crippen LogP contribution in [0.3, 0.4) is 0 Å². The number of rotatable bonds is 6. The van der Waals surface area contributed by atoms with Crippen molar-refractivity contribution < 1.29 is 9.53 Å². The Morgan fingerprint density at radius 3 is 2.48 bits per heavy atom. The molecule has 0 unspecified atom stereocenters. The molecule has 0 bridgehead atoms. The smallest absolute Gasteiger partial charge is 0.254 e. The first kappa shape index (κ1) is 19.4. The number of methoxy groups -OCH3 is 1. The first-order chi connectivity index (χ1) is 15.1. The Kier molecular flexibility index (Phi) is 4.94. The van der Waals surface area contributed by atoms with Crippen LogP contribution in [0.4, 0.5) is 0 Å². The van der Waals surface area contributed by atoms with Gasteiger partial charge in [-0.1, -0.05) is 30.3 Å². The lowest BCUT2D eigenvalue weighted by atomic mass is 10.1. The highest BCUT2D eigenvalue weighted by Gasteiger charge is 2.33. The molecule has 0 N–H and O–H groups in total. The van der Waals surface area contributed by atoms with E-state index in [1.54, 1.807) is 7.11 Å². The molecule has 0 spiro atoms. The molecule has 3 aromatic carbocycles. The van der Waals surface area contributed by atoms with Crippen LogP contribution in [-0.4, -0.2) is 33.5 Å². The van der Waals surface area contributed by atoms with Crippen molar-refractivity contribution in [2.24, 2.45) is 0 Å². The number of para-hydroxylation sites is 1. The summed E-state index contributed by atoms with van der Waals surface area (Å²) in [4.78, 5) is 20.1. The fourth-order valence-corrected chi connectivity index (χ4v) is 4.08. The quantitative estimate of drug-likeness (QED) is 0.441. The van der Waals surface area contributed by atoms with E-state index < -0.39 is 0 Å². The largest absolute Gasteiger partial charge is 0.497 e. The van der Waals surface area contributed by atoms with E-state index in [4.69, 9.17) is 9.72 Å². The monoisotopic (exact) mass is 411 g/mol. The molecule has 0 aliphatic heterocycles. The molecule has 1 heterocycles. The number of fused-ring (bicyclic) bond motifs is 1. The summed E-state index contributed by atoms with van der Waals surface area (Å²) in [5, 5.41) is 0. The number of carbonyl (C=O) groups is 1. The Morgan fingerprint density at radius 2 is 1.81 bits per heavy atom. The molecule has 1 aliphatic rings. The van der Waals surface area contributed by atoms with Crippen LogP contribution in [0.2, 0.25) is 0 Å². The zero-order chi connectivity index (χ0) is 21.4. The van der Waals surface area contributed by atoms with E-state index in [-0.39, 0.29) is 5.91 Å². The summed E-state index contributed by atoms with van der Waals surface area (Å²) < 4.78 is 7.37. The van der Waals surface area contributed by atoms with E-state index in [9.17, 15) is 4.79 Å². The second-order valence-corrected chi connectivity index (χ2v) is 8.05. The molecular formula is C26H25N3O2. The number of hydrogen-bond acceptors (Lipinski definition) is 3. The van der Waals surface area contributed by atoms with Crippen LogP contribution < -0.4 is 4.74 Å². The van der Waals surface area contributed by atoms with Crippen LogP contribution in [0.5, 0.6) is 5.75 Å². The van der Waals surface area contributed by atoms with Gasteiger partial charge >= 0.3 is 0 Å². The van der Waals surface area contributed by atoms with Gasteiger partial charge in [-0.2, -0.15) is 0 Å². The van der Waals surface area contributed by atoms with Gasteiger partial charge in [0, 0.05) is 23.8 Å².